The second-order valence-electron chi connectivity index (χ2n) is 4.86. The predicted molar refractivity (Wildman–Crippen MR) is 88.3 cm³/mol. The SMILES string of the molecule is COc1cccc(C(=O)c2ccc(OC)cc2NC(=O)CC#N)c1. The van der Waals surface area contributed by atoms with E-state index in [0.717, 1.165) is 0 Å². The van der Waals surface area contributed by atoms with Crippen LogP contribution < -0.4 is 14.8 Å². The molecule has 0 radical (unpaired) electrons. The molecule has 0 heterocycles. The number of nitriles is 1. The van der Waals surface area contributed by atoms with Gasteiger partial charge in [0.2, 0.25) is 5.91 Å². The van der Waals surface area contributed by atoms with Gasteiger partial charge in [-0.05, 0) is 24.3 Å². The summed E-state index contributed by atoms with van der Waals surface area (Å²) in [5.41, 5.74) is 1.02. The third-order valence-corrected chi connectivity index (χ3v) is 3.32. The molecule has 0 fully saturated rings. The fourth-order valence-corrected chi connectivity index (χ4v) is 2.14. The van der Waals surface area contributed by atoms with Gasteiger partial charge in [0.25, 0.3) is 0 Å². The maximum atomic E-state index is 12.8. The van der Waals surface area contributed by atoms with E-state index in [4.69, 9.17) is 14.7 Å². The summed E-state index contributed by atoms with van der Waals surface area (Å²) in [6.45, 7) is 0. The Balaban J connectivity index is 2.42. The summed E-state index contributed by atoms with van der Waals surface area (Å²) in [4.78, 5) is 24.5. The van der Waals surface area contributed by atoms with Crippen molar-refractivity contribution in [2.45, 2.75) is 6.42 Å². The number of amides is 1. The fourth-order valence-electron chi connectivity index (χ4n) is 2.14. The highest BCUT2D eigenvalue weighted by Gasteiger charge is 2.17. The second kappa shape index (κ2) is 7.79. The third kappa shape index (κ3) is 3.90. The minimum absolute atomic E-state index is 0.274. The molecule has 2 rings (SSSR count). The number of nitrogens with one attached hydrogen (secondary N) is 1. The number of nitrogens with zero attached hydrogens (tertiary/aromatic N) is 1. The lowest BCUT2D eigenvalue weighted by atomic mass is 10.0. The van der Waals surface area contributed by atoms with Crippen LogP contribution in [0.15, 0.2) is 42.5 Å². The van der Waals surface area contributed by atoms with E-state index in [1.165, 1.54) is 14.2 Å². The minimum Gasteiger partial charge on any atom is -0.497 e. The van der Waals surface area contributed by atoms with E-state index in [9.17, 15) is 9.59 Å². The lowest BCUT2D eigenvalue weighted by molar-refractivity contribution is -0.115. The van der Waals surface area contributed by atoms with Crippen molar-refractivity contribution in [3.63, 3.8) is 0 Å². The Morgan fingerprint density at radius 2 is 1.79 bits per heavy atom. The first-order valence-electron chi connectivity index (χ1n) is 7.12. The van der Waals surface area contributed by atoms with E-state index in [-0.39, 0.29) is 12.2 Å². The molecule has 0 spiro atoms. The highest BCUT2D eigenvalue weighted by atomic mass is 16.5. The molecule has 0 bridgehead atoms. The smallest absolute Gasteiger partial charge is 0.238 e. The fraction of sp³-hybridized carbons (Fsp3) is 0.167. The Bertz CT molecular complexity index is 809. The van der Waals surface area contributed by atoms with Crippen LogP contribution in [-0.2, 0) is 4.79 Å². The molecule has 2 aromatic rings. The summed E-state index contributed by atoms with van der Waals surface area (Å²) in [5.74, 6) is 0.281. The van der Waals surface area contributed by atoms with Crippen LogP contribution in [0.5, 0.6) is 11.5 Å². The summed E-state index contributed by atoms with van der Waals surface area (Å²) in [5, 5.41) is 11.2. The molecule has 0 aliphatic carbocycles. The summed E-state index contributed by atoms with van der Waals surface area (Å²) in [6.07, 6.45) is -0.302. The quantitative estimate of drug-likeness (QED) is 0.825. The molecule has 6 nitrogen and oxygen atoms in total. The molecule has 0 atom stereocenters. The van der Waals surface area contributed by atoms with Crippen LogP contribution in [0.3, 0.4) is 0 Å². The number of carbonyl (C=O) groups is 2. The molecule has 1 amide bonds. The second-order valence-corrected chi connectivity index (χ2v) is 4.86. The Morgan fingerprint density at radius 3 is 2.46 bits per heavy atom. The van der Waals surface area contributed by atoms with E-state index in [1.807, 2.05) is 0 Å². The van der Waals surface area contributed by atoms with Crippen molar-refractivity contribution >= 4 is 17.4 Å². The highest BCUT2D eigenvalue weighted by Crippen LogP contribution is 2.26. The number of rotatable bonds is 6. The van der Waals surface area contributed by atoms with Crippen LogP contribution in [0.2, 0.25) is 0 Å². The van der Waals surface area contributed by atoms with E-state index in [0.29, 0.717) is 28.3 Å². The predicted octanol–water partition coefficient (Wildman–Crippen LogP) is 2.79. The molecule has 0 aliphatic rings. The highest BCUT2D eigenvalue weighted by molar-refractivity contribution is 6.14. The number of hydrogen-bond acceptors (Lipinski definition) is 5. The molecular weight excluding hydrogens is 308 g/mol. The van der Waals surface area contributed by atoms with E-state index in [1.54, 1.807) is 48.5 Å². The molecule has 2 aromatic carbocycles. The van der Waals surface area contributed by atoms with E-state index < -0.39 is 5.91 Å². The Morgan fingerprint density at radius 1 is 1.08 bits per heavy atom. The van der Waals surface area contributed by atoms with Crippen LogP contribution in [0, 0.1) is 11.3 Å². The largest absolute Gasteiger partial charge is 0.497 e. The van der Waals surface area contributed by atoms with Crippen LogP contribution >= 0.6 is 0 Å². The van der Waals surface area contributed by atoms with Crippen molar-refractivity contribution in [3.8, 4) is 17.6 Å². The van der Waals surface area contributed by atoms with Gasteiger partial charge in [-0.25, -0.2) is 0 Å². The van der Waals surface area contributed by atoms with Gasteiger partial charge >= 0.3 is 0 Å². The topological polar surface area (TPSA) is 88.4 Å². The van der Waals surface area contributed by atoms with Gasteiger partial charge in [0.1, 0.15) is 17.9 Å². The molecule has 0 aromatic heterocycles. The third-order valence-electron chi connectivity index (χ3n) is 3.32. The van der Waals surface area contributed by atoms with Crippen molar-refractivity contribution < 1.29 is 19.1 Å². The maximum absolute atomic E-state index is 12.8. The van der Waals surface area contributed by atoms with Crippen molar-refractivity contribution in [2.24, 2.45) is 0 Å². The normalized spacial score (nSPS) is 9.71. The van der Waals surface area contributed by atoms with E-state index in [2.05, 4.69) is 5.32 Å². The van der Waals surface area contributed by atoms with Crippen LogP contribution in [-0.4, -0.2) is 25.9 Å². The zero-order valence-corrected chi connectivity index (χ0v) is 13.3. The molecule has 1 N–H and O–H groups in total. The van der Waals surface area contributed by atoms with Gasteiger partial charge in [-0.1, -0.05) is 12.1 Å². The van der Waals surface area contributed by atoms with Gasteiger partial charge in [-0.2, -0.15) is 5.26 Å². The number of methoxy groups -OCH3 is 2. The van der Waals surface area contributed by atoms with Gasteiger partial charge < -0.3 is 14.8 Å². The van der Waals surface area contributed by atoms with Crippen LogP contribution in [0.25, 0.3) is 0 Å². The lowest BCUT2D eigenvalue weighted by Gasteiger charge is -2.12. The van der Waals surface area contributed by atoms with Gasteiger partial charge in [-0.15, -0.1) is 0 Å². The minimum atomic E-state index is -0.495. The first kappa shape index (κ1) is 17.0. The van der Waals surface area contributed by atoms with Gasteiger partial charge in [-0.3, -0.25) is 9.59 Å². The standard InChI is InChI=1S/C18H16N2O4/c1-23-13-5-3-4-12(10-13)18(22)15-7-6-14(24-2)11-16(15)20-17(21)8-9-19/h3-7,10-11H,8H2,1-2H3,(H,20,21). The van der Waals surface area contributed by atoms with Crippen molar-refractivity contribution in [1.82, 2.24) is 0 Å². The summed E-state index contributed by atoms with van der Waals surface area (Å²) >= 11 is 0. The number of ether oxygens (including phenoxy) is 2. The van der Waals surface area contributed by atoms with Crippen molar-refractivity contribution in [1.29, 1.82) is 5.26 Å². The Kier molecular flexibility index (Phi) is 5.53. The maximum Gasteiger partial charge on any atom is 0.238 e. The molecule has 0 saturated heterocycles. The molecular formula is C18H16N2O4. The monoisotopic (exact) mass is 324 g/mol. The zero-order valence-electron chi connectivity index (χ0n) is 13.3. The molecule has 122 valence electrons. The van der Waals surface area contributed by atoms with Crippen molar-refractivity contribution in [2.75, 3.05) is 19.5 Å². The van der Waals surface area contributed by atoms with Gasteiger partial charge in [0, 0.05) is 17.2 Å². The average molecular weight is 324 g/mol. The number of hydrogen-bond donors (Lipinski definition) is 1. The molecule has 6 heteroatoms. The Hall–Kier alpha value is -3.33. The summed E-state index contributed by atoms with van der Waals surface area (Å²) in [7, 11) is 3.00. The van der Waals surface area contributed by atoms with Gasteiger partial charge in [0.05, 0.1) is 26.0 Å². The number of carbonyl (C=O) groups excluding carboxylic acids is 2. The first-order valence-corrected chi connectivity index (χ1v) is 7.12. The summed E-state index contributed by atoms with van der Waals surface area (Å²) < 4.78 is 10.3. The Labute approximate surface area is 139 Å². The van der Waals surface area contributed by atoms with Gasteiger partial charge in [0.15, 0.2) is 5.78 Å². The molecule has 0 unspecified atom stereocenters. The van der Waals surface area contributed by atoms with E-state index >= 15 is 0 Å². The van der Waals surface area contributed by atoms with Crippen LogP contribution in [0.1, 0.15) is 22.3 Å². The number of ketones is 1. The zero-order chi connectivity index (χ0) is 17.5. The average Bonchev–Trinajstić information content (AvgIpc) is 2.61. The molecule has 0 saturated carbocycles. The first-order chi connectivity index (χ1) is 11.6. The number of anilines is 1. The van der Waals surface area contributed by atoms with Crippen LogP contribution in [0.4, 0.5) is 5.69 Å². The number of benzene rings is 2. The molecule has 0 aliphatic heterocycles. The van der Waals surface area contributed by atoms with Crippen molar-refractivity contribution in [3.05, 3.63) is 53.6 Å². The summed E-state index contributed by atoms with van der Waals surface area (Å²) in [6, 6.07) is 13.2. The lowest BCUT2D eigenvalue weighted by Crippen LogP contribution is -2.14. The molecule has 24 heavy (non-hydrogen) atoms.